The van der Waals surface area contributed by atoms with E-state index in [0.29, 0.717) is 11.5 Å². The van der Waals surface area contributed by atoms with Crippen LogP contribution in [0.15, 0.2) is 0 Å². The maximum Gasteiger partial charge on any atom is 0.189 e. The smallest absolute Gasteiger partial charge is 0.189 e. The first-order valence-electron chi connectivity index (χ1n) is 9.13. The number of carbonyl (C=O) groups excluding carboxylic acids is 1. The second kappa shape index (κ2) is 17.3. The van der Waals surface area contributed by atoms with Crippen molar-refractivity contribution in [2.45, 2.75) is 90.1 Å². The van der Waals surface area contributed by atoms with Crippen LogP contribution < -0.4 is 5.73 Å². The molecule has 0 saturated heterocycles. The fraction of sp³-hybridized carbons (Fsp3) is 0.944. The van der Waals surface area contributed by atoms with Gasteiger partial charge in [0.15, 0.2) is 5.12 Å². The lowest BCUT2D eigenvalue weighted by molar-refractivity contribution is -0.111. The molecule has 3 nitrogen and oxygen atoms in total. The number of thioether (sulfide) groups is 1. The maximum absolute atomic E-state index is 11.9. The summed E-state index contributed by atoms with van der Waals surface area (Å²) in [4.78, 5) is 11.9. The number of hydrogen-bond donors (Lipinski definition) is 1. The summed E-state index contributed by atoms with van der Waals surface area (Å²) in [6.07, 6.45) is 14.1. The molecule has 132 valence electrons. The number of rotatable bonds is 16. The van der Waals surface area contributed by atoms with Crippen molar-refractivity contribution in [3.63, 3.8) is 0 Å². The summed E-state index contributed by atoms with van der Waals surface area (Å²) in [7, 11) is 1.76. The number of nitrogens with two attached hydrogens (primary N) is 1. The van der Waals surface area contributed by atoms with Gasteiger partial charge in [0.25, 0.3) is 0 Å². The molecule has 0 aliphatic heterocycles. The molecule has 0 heterocycles. The Morgan fingerprint density at radius 2 is 1.64 bits per heavy atom. The predicted octanol–water partition coefficient (Wildman–Crippen LogP) is 4.92. The molecule has 0 amide bonds. The zero-order valence-electron chi connectivity index (χ0n) is 14.8. The Kier molecular flexibility index (Phi) is 17.2. The number of ether oxygens (including phenoxy) is 1. The van der Waals surface area contributed by atoms with E-state index < -0.39 is 0 Å². The Morgan fingerprint density at radius 3 is 2.32 bits per heavy atom. The minimum atomic E-state index is 0.236. The fourth-order valence-corrected chi connectivity index (χ4v) is 3.41. The topological polar surface area (TPSA) is 52.3 Å². The van der Waals surface area contributed by atoms with Crippen molar-refractivity contribution >= 4 is 16.9 Å². The van der Waals surface area contributed by atoms with E-state index in [1.165, 1.54) is 56.7 Å². The summed E-state index contributed by atoms with van der Waals surface area (Å²) >= 11 is 1.46. The molecule has 0 aliphatic carbocycles. The molecule has 1 atom stereocenters. The molecule has 0 saturated carbocycles. The predicted molar refractivity (Wildman–Crippen MR) is 98.4 cm³/mol. The molecule has 0 radical (unpaired) electrons. The second-order valence-corrected chi connectivity index (χ2v) is 7.13. The Morgan fingerprint density at radius 1 is 1.00 bits per heavy atom. The third-order valence-corrected chi connectivity index (χ3v) is 5.04. The lowest BCUT2D eigenvalue weighted by Crippen LogP contribution is -2.15. The minimum absolute atomic E-state index is 0.236. The van der Waals surface area contributed by atoms with Gasteiger partial charge in [-0.25, -0.2) is 0 Å². The van der Waals surface area contributed by atoms with Gasteiger partial charge in [0, 0.05) is 19.3 Å². The monoisotopic (exact) mass is 331 g/mol. The Labute approximate surface area is 142 Å². The molecule has 0 aromatic rings. The van der Waals surface area contributed by atoms with E-state index in [1.807, 2.05) is 0 Å². The molecule has 0 spiro atoms. The highest BCUT2D eigenvalue weighted by molar-refractivity contribution is 8.13. The number of carbonyl (C=O) groups is 1. The summed E-state index contributed by atoms with van der Waals surface area (Å²) in [5.74, 6) is 0.816. The third kappa shape index (κ3) is 14.9. The Balaban J connectivity index is 3.51. The molecule has 2 N–H and O–H groups in total. The molecule has 4 heteroatoms. The standard InChI is InChI=1S/C18H37NO2S/c1-3-4-5-7-10-13-17(21-2)16-22-18(20)14-11-8-6-9-12-15-19/h17H,3-16,19H2,1-2H3. The van der Waals surface area contributed by atoms with Gasteiger partial charge in [-0.1, -0.05) is 70.1 Å². The van der Waals surface area contributed by atoms with Gasteiger partial charge in [0.2, 0.25) is 0 Å². The van der Waals surface area contributed by atoms with Crippen molar-refractivity contribution in [2.24, 2.45) is 5.73 Å². The fourth-order valence-electron chi connectivity index (χ4n) is 2.45. The van der Waals surface area contributed by atoms with Crippen LogP contribution in [-0.2, 0) is 9.53 Å². The highest BCUT2D eigenvalue weighted by atomic mass is 32.2. The molecule has 0 fully saturated rings. The summed E-state index contributed by atoms with van der Waals surface area (Å²) < 4.78 is 5.49. The van der Waals surface area contributed by atoms with Crippen LogP contribution >= 0.6 is 11.8 Å². The maximum atomic E-state index is 11.9. The van der Waals surface area contributed by atoms with Crippen molar-refractivity contribution in [3.8, 4) is 0 Å². The Bertz CT molecular complexity index is 249. The molecule has 0 aromatic heterocycles. The van der Waals surface area contributed by atoms with E-state index >= 15 is 0 Å². The second-order valence-electron chi connectivity index (χ2n) is 6.05. The zero-order chi connectivity index (χ0) is 16.5. The largest absolute Gasteiger partial charge is 0.381 e. The third-order valence-electron chi connectivity index (χ3n) is 3.98. The Hall–Kier alpha value is -0.0600. The number of hydrogen-bond acceptors (Lipinski definition) is 4. The summed E-state index contributed by atoms with van der Waals surface area (Å²) in [5, 5.41) is 0.326. The van der Waals surface area contributed by atoms with Crippen molar-refractivity contribution in [1.82, 2.24) is 0 Å². The van der Waals surface area contributed by atoms with Crippen molar-refractivity contribution < 1.29 is 9.53 Å². The van der Waals surface area contributed by atoms with Gasteiger partial charge >= 0.3 is 0 Å². The van der Waals surface area contributed by atoms with Crippen LogP contribution in [-0.4, -0.2) is 30.6 Å². The molecule has 0 rings (SSSR count). The summed E-state index contributed by atoms with van der Waals surface area (Å²) in [6, 6.07) is 0. The van der Waals surface area contributed by atoms with Gasteiger partial charge in [-0.3, -0.25) is 4.79 Å². The van der Waals surface area contributed by atoms with E-state index in [2.05, 4.69) is 6.92 Å². The minimum Gasteiger partial charge on any atom is -0.381 e. The molecule has 0 aliphatic rings. The molecule has 22 heavy (non-hydrogen) atoms. The summed E-state index contributed by atoms with van der Waals surface area (Å²) in [5.41, 5.74) is 5.46. The number of methoxy groups -OCH3 is 1. The average Bonchev–Trinajstić information content (AvgIpc) is 2.53. The van der Waals surface area contributed by atoms with E-state index in [-0.39, 0.29) is 6.10 Å². The van der Waals surface area contributed by atoms with Crippen LogP contribution in [0.25, 0.3) is 0 Å². The van der Waals surface area contributed by atoms with Gasteiger partial charge < -0.3 is 10.5 Å². The van der Waals surface area contributed by atoms with E-state index in [9.17, 15) is 4.79 Å². The molecular formula is C18H37NO2S. The normalized spacial score (nSPS) is 12.5. The van der Waals surface area contributed by atoms with Crippen LogP contribution in [0.3, 0.4) is 0 Å². The lowest BCUT2D eigenvalue weighted by atomic mass is 10.1. The molecular weight excluding hydrogens is 294 g/mol. The SMILES string of the molecule is CCCCCCCC(CSC(=O)CCCCCCCN)OC. The molecule has 1 unspecified atom stereocenters. The summed E-state index contributed by atoms with van der Waals surface area (Å²) in [6.45, 7) is 3.02. The van der Waals surface area contributed by atoms with Gasteiger partial charge in [0.1, 0.15) is 0 Å². The van der Waals surface area contributed by atoms with Gasteiger partial charge in [-0.15, -0.1) is 0 Å². The van der Waals surface area contributed by atoms with E-state index in [0.717, 1.165) is 38.0 Å². The van der Waals surface area contributed by atoms with E-state index in [4.69, 9.17) is 10.5 Å². The lowest BCUT2D eigenvalue weighted by Gasteiger charge is -2.14. The quantitative estimate of drug-likeness (QED) is 0.408. The van der Waals surface area contributed by atoms with Gasteiger partial charge in [0.05, 0.1) is 6.10 Å². The highest BCUT2D eigenvalue weighted by Gasteiger charge is 2.10. The van der Waals surface area contributed by atoms with Crippen molar-refractivity contribution in [2.75, 3.05) is 19.4 Å². The first-order valence-corrected chi connectivity index (χ1v) is 10.1. The van der Waals surface area contributed by atoms with Crippen LogP contribution in [0.5, 0.6) is 0 Å². The van der Waals surface area contributed by atoms with Gasteiger partial charge in [-0.2, -0.15) is 0 Å². The van der Waals surface area contributed by atoms with Crippen LogP contribution in [0.1, 0.15) is 84.0 Å². The van der Waals surface area contributed by atoms with E-state index in [1.54, 1.807) is 7.11 Å². The highest BCUT2D eigenvalue weighted by Crippen LogP contribution is 2.17. The number of unbranched alkanes of at least 4 members (excludes halogenated alkanes) is 8. The van der Waals surface area contributed by atoms with Crippen molar-refractivity contribution in [3.05, 3.63) is 0 Å². The molecule has 0 aromatic carbocycles. The first-order chi connectivity index (χ1) is 10.7. The van der Waals surface area contributed by atoms with Gasteiger partial charge in [-0.05, 0) is 25.8 Å². The molecule has 0 bridgehead atoms. The average molecular weight is 332 g/mol. The van der Waals surface area contributed by atoms with Crippen LogP contribution in [0.4, 0.5) is 0 Å². The van der Waals surface area contributed by atoms with Crippen LogP contribution in [0, 0.1) is 0 Å². The first kappa shape index (κ1) is 21.9. The van der Waals surface area contributed by atoms with Crippen molar-refractivity contribution in [1.29, 1.82) is 0 Å². The van der Waals surface area contributed by atoms with Crippen LogP contribution in [0.2, 0.25) is 0 Å². The zero-order valence-corrected chi connectivity index (χ0v) is 15.6.